The summed E-state index contributed by atoms with van der Waals surface area (Å²) in [5.74, 6) is 0.477. The average molecular weight is 286 g/mol. The van der Waals surface area contributed by atoms with Crippen LogP contribution < -0.4 is 10.6 Å². The van der Waals surface area contributed by atoms with E-state index < -0.39 is 0 Å². The van der Waals surface area contributed by atoms with Crippen molar-refractivity contribution in [3.05, 3.63) is 66.2 Å². The average Bonchev–Trinajstić information content (AvgIpc) is 2.86. The molecule has 21 heavy (non-hydrogen) atoms. The molecule has 6 heteroatoms. The molecule has 0 aliphatic rings. The summed E-state index contributed by atoms with van der Waals surface area (Å²) in [6.07, 6.45) is 0. The molecular weight excluding hydrogens is 274 g/mol. The first kappa shape index (κ1) is 13.1. The number of halogens is 2. The van der Waals surface area contributed by atoms with Crippen LogP contribution in [0, 0.1) is 11.6 Å². The molecule has 0 unspecified atom stereocenters. The van der Waals surface area contributed by atoms with Gasteiger partial charge in [0.2, 0.25) is 0 Å². The van der Waals surface area contributed by atoms with Crippen LogP contribution in [0.1, 0.15) is 0 Å². The maximum Gasteiger partial charge on any atom is 0.154 e. The summed E-state index contributed by atoms with van der Waals surface area (Å²) in [6, 6.07) is 13.9. The van der Waals surface area contributed by atoms with Crippen LogP contribution in [0.15, 0.2) is 54.6 Å². The summed E-state index contributed by atoms with van der Waals surface area (Å²) >= 11 is 0. The second-order valence-electron chi connectivity index (χ2n) is 4.44. The van der Waals surface area contributed by atoms with Gasteiger partial charge >= 0.3 is 0 Å². The van der Waals surface area contributed by atoms with Gasteiger partial charge in [0.1, 0.15) is 17.5 Å². The third-order valence-corrected chi connectivity index (χ3v) is 2.78. The number of nitrogens with zero attached hydrogens (tertiary/aromatic N) is 1. The number of hydrogen-bond donors (Lipinski definition) is 3. The van der Waals surface area contributed by atoms with Crippen LogP contribution in [-0.2, 0) is 0 Å². The van der Waals surface area contributed by atoms with Gasteiger partial charge in [-0.05, 0) is 36.4 Å². The molecule has 3 N–H and O–H groups in total. The fourth-order valence-corrected chi connectivity index (χ4v) is 1.89. The van der Waals surface area contributed by atoms with Crippen molar-refractivity contribution in [3.8, 4) is 0 Å². The summed E-state index contributed by atoms with van der Waals surface area (Å²) in [7, 11) is 0. The fourth-order valence-electron chi connectivity index (χ4n) is 1.89. The Balaban J connectivity index is 1.71. The Hall–Kier alpha value is -2.89. The molecule has 0 atom stereocenters. The minimum atomic E-state index is -0.325. The van der Waals surface area contributed by atoms with Gasteiger partial charge in [0, 0.05) is 17.4 Å². The second-order valence-corrected chi connectivity index (χ2v) is 4.44. The van der Waals surface area contributed by atoms with Crippen molar-refractivity contribution in [2.24, 2.45) is 0 Å². The predicted molar refractivity (Wildman–Crippen MR) is 78.0 cm³/mol. The van der Waals surface area contributed by atoms with Crippen LogP contribution in [0.4, 0.5) is 31.8 Å². The van der Waals surface area contributed by atoms with E-state index in [0.717, 1.165) is 0 Å². The number of anilines is 4. The molecule has 3 aromatic rings. The summed E-state index contributed by atoms with van der Waals surface area (Å²) in [4.78, 5) is 0. The van der Waals surface area contributed by atoms with E-state index in [1.54, 1.807) is 30.3 Å². The number of hydrogen-bond acceptors (Lipinski definition) is 3. The SMILES string of the molecule is Fc1cccc(Nc2cc(Nc3cccc(F)c3)[nH]n2)c1. The van der Waals surface area contributed by atoms with Crippen molar-refractivity contribution in [2.45, 2.75) is 0 Å². The molecule has 0 aliphatic carbocycles. The van der Waals surface area contributed by atoms with E-state index in [1.165, 1.54) is 24.3 Å². The van der Waals surface area contributed by atoms with Gasteiger partial charge < -0.3 is 10.6 Å². The number of aromatic nitrogens is 2. The summed E-state index contributed by atoms with van der Waals surface area (Å²) < 4.78 is 26.2. The highest BCUT2D eigenvalue weighted by atomic mass is 19.1. The van der Waals surface area contributed by atoms with Crippen molar-refractivity contribution in [1.29, 1.82) is 0 Å². The van der Waals surface area contributed by atoms with E-state index in [1.807, 2.05) is 0 Å². The number of rotatable bonds is 4. The molecule has 0 saturated carbocycles. The van der Waals surface area contributed by atoms with Gasteiger partial charge in [0.15, 0.2) is 5.82 Å². The largest absolute Gasteiger partial charge is 0.340 e. The van der Waals surface area contributed by atoms with Gasteiger partial charge in [-0.1, -0.05) is 12.1 Å². The summed E-state index contributed by atoms with van der Waals surface area (Å²) in [5.41, 5.74) is 1.20. The van der Waals surface area contributed by atoms with Crippen LogP contribution in [0.5, 0.6) is 0 Å². The van der Waals surface area contributed by atoms with Gasteiger partial charge in [0.25, 0.3) is 0 Å². The number of H-pyrrole nitrogens is 1. The number of benzene rings is 2. The first-order valence-electron chi connectivity index (χ1n) is 6.30. The third kappa shape index (κ3) is 3.36. The normalized spacial score (nSPS) is 10.4. The Morgan fingerprint density at radius 2 is 1.43 bits per heavy atom. The van der Waals surface area contributed by atoms with Crippen LogP contribution in [0.25, 0.3) is 0 Å². The van der Waals surface area contributed by atoms with Gasteiger partial charge in [-0.25, -0.2) is 8.78 Å². The predicted octanol–water partition coefficient (Wildman–Crippen LogP) is 4.18. The van der Waals surface area contributed by atoms with Crippen molar-refractivity contribution < 1.29 is 8.78 Å². The quantitative estimate of drug-likeness (QED) is 0.674. The Labute approximate surface area is 119 Å². The fraction of sp³-hybridized carbons (Fsp3) is 0. The zero-order chi connectivity index (χ0) is 14.7. The molecule has 106 valence electrons. The van der Waals surface area contributed by atoms with Crippen molar-refractivity contribution in [3.63, 3.8) is 0 Å². The van der Waals surface area contributed by atoms with Crippen LogP contribution in [0.2, 0.25) is 0 Å². The van der Waals surface area contributed by atoms with E-state index in [-0.39, 0.29) is 11.6 Å². The zero-order valence-corrected chi connectivity index (χ0v) is 10.9. The van der Waals surface area contributed by atoms with Gasteiger partial charge in [-0.15, -0.1) is 0 Å². The van der Waals surface area contributed by atoms with E-state index in [9.17, 15) is 8.78 Å². The van der Waals surface area contributed by atoms with Gasteiger partial charge in [-0.2, -0.15) is 5.10 Å². The smallest absolute Gasteiger partial charge is 0.154 e. The molecule has 0 radical (unpaired) electrons. The van der Waals surface area contributed by atoms with Gasteiger partial charge in [-0.3, -0.25) is 5.10 Å². The summed E-state index contributed by atoms with van der Waals surface area (Å²) in [5, 5.41) is 12.8. The Morgan fingerprint density at radius 1 is 0.810 bits per heavy atom. The second kappa shape index (κ2) is 5.62. The highest BCUT2D eigenvalue weighted by molar-refractivity contribution is 5.63. The standard InChI is InChI=1S/C15H12F2N4/c16-10-3-1-5-12(7-10)18-14-9-15(21-20-14)19-13-6-2-4-11(17)8-13/h1-9H,(H3,18,19,20,21). The molecule has 1 aromatic heterocycles. The maximum atomic E-state index is 13.1. The molecule has 0 bridgehead atoms. The first-order valence-corrected chi connectivity index (χ1v) is 6.30. The van der Waals surface area contributed by atoms with Crippen molar-refractivity contribution in [1.82, 2.24) is 10.2 Å². The molecular formula is C15H12F2N4. The molecule has 0 fully saturated rings. The molecule has 0 saturated heterocycles. The highest BCUT2D eigenvalue weighted by Crippen LogP contribution is 2.20. The van der Waals surface area contributed by atoms with Crippen LogP contribution in [0.3, 0.4) is 0 Å². The van der Waals surface area contributed by atoms with Crippen LogP contribution in [-0.4, -0.2) is 10.2 Å². The van der Waals surface area contributed by atoms with Crippen molar-refractivity contribution in [2.75, 3.05) is 10.6 Å². The van der Waals surface area contributed by atoms with Crippen molar-refractivity contribution >= 4 is 23.0 Å². The lowest BCUT2D eigenvalue weighted by molar-refractivity contribution is 0.628. The minimum Gasteiger partial charge on any atom is -0.340 e. The first-order chi connectivity index (χ1) is 10.2. The van der Waals surface area contributed by atoms with E-state index in [0.29, 0.717) is 23.0 Å². The molecule has 1 heterocycles. The summed E-state index contributed by atoms with van der Waals surface area (Å²) in [6.45, 7) is 0. The lowest BCUT2D eigenvalue weighted by atomic mass is 10.3. The Morgan fingerprint density at radius 3 is 2.05 bits per heavy atom. The van der Waals surface area contributed by atoms with E-state index >= 15 is 0 Å². The van der Waals surface area contributed by atoms with Gasteiger partial charge in [0.05, 0.1) is 0 Å². The van der Waals surface area contributed by atoms with E-state index in [4.69, 9.17) is 0 Å². The molecule has 4 nitrogen and oxygen atoms in total. The highest BCUT2D eigenvalue weighted by Gasteiger charge is 2.03. The zero-order valence-electron chi connectivity index (χ0n) is 10.9. The molecule has 0 aliphatic heterocycles. The molecule has 0 spiro atoms. The molecule has 2 aromatic carbocycles. The third-order valence-electron chi connectivity index (χ3n) is 2.78. The minimum absolute atomic E-state index is 0.322. The van der Waals surface area contributed by atoms with Crippen LogP contribution >= 0.6 is 0 Å². The topological polar surface area (TPSA) is 52.7 Å². The Bertz CT molecular complexity index is 693. The number of nitrogens with one attached hydrogen (secondary N) is 3. The molecule has 0 amide bonds. The lowest BCUT2D eigenvalue weighted by Crippen LogP contribution is -1.90. The molecule has 3 rings (SSSR count). The number of aromatic amines is 1. The Kier molecular flexibility index (Phi) is 3.51. The maximum absolute atomic E-state index is 13.1. The monoisotopic (exact) mass is 286 g/mol. The van der Waals surface area contributed by atoms with E-state index in [2.05, 4.69) is 20.8 Å². The lowest BCUT2D eigenvalue weighted by Gasteiger charge is -2.03.